The van der Waals surface area contributed by atoms with Gasteiger partial charge in [-0.25, -0.2) is 0 Å². The first kappa shape index (κ1) is 16.5. The Morgan fingerprint density at radius 1 is 1.29 bits per heavy atom. The minimum atomic E-state index is -0.349. The van der Waals surface area contributed by atoms with Gasteiger partial charge in [-0.05, 0) is 73.7 Å². The van der Waals surface area contributed by atoms with Crippen molar-refractivity contribution in [1.29, 1.82) is 0 Å². The van der Waals surface area contributed by atoms with Crippen molar-refractivity contribution >= 4 is 11.6 Å². The van der Waals surface area contributed by atoms with E-state index in [1.165, 1.54) is 0 Å². The molecule has 0 heterocycles. The molecule has 3 saturated carbocycles. The lowest BCUT2D eigenvalue weighted by Crippen LogP contribution is -2.58. The molecule has 3 fully saturated rings. The van der Waals surface area contributed by atoms with Crippen molar-refractivity contribution in [2.24, 2.45) is 34.5 Å². The topological polar surface area (TPSA) is 54.4 Å². The third-order valence-corrected chi connectivity index (χ3v) is 8.37. The number of aliphatic hydroxyl groups is 1. The van der Waals surface area contributed by atoms with E-state index in [-0.39, 0.29) is 22.7 Å². The molecular formula is C21H30O3. The van der Waals surface area contributed by atoms with E-state index in [0.29, 0.717) is 48.7 Å². The number of hydrogen-bond donors (Lipinski definition) is 1. The summed E-state index contributed by atoms with van der Waals surface area (Å²) in [5.74, 6) is 2.30. The molecule has 0 radical (unpaired) electrons. The lowest BCUT2D eigenvalue weighted by Gasteiger charge is -2.61. The van der Waals surface area contributed by atoms with E-state index in [4.69, 9.17) is 0 Å². The van der Waals surface area contributed by atoms with Crippen molar-refractivity contribution in [3.63, 3.8) is 0 Å². The number of ketones is 2. The van der Waals surface area contributed by atoms with Crippen LogP contribution in [0.3, 0.4) is 0 Å². The molecule has 4 rings (SSSR count). The van der Waals surface area contributed by atoms with Gasteiger partial charge in [0.25, 0.3) is 0 Å². The Bertz CT molecular complexity index is 621. The maximum Gasteiger partial charge on any atom is 0.156 e. The van der Waals surface area contributed by atoms with Crippen LogP contribution in [0, 0.1) is 34.5 Å². The predicted molar refractivity (Wildman–Crippen MR) is 92.3 cm³/mol. The van der Waals surface area contributed by atoms with Crippen LogP contribution in [-0.4, -0.2) is 22.8 Å². The Labute approximate surface area is 144 Å². The number of carbonyl (C=O) groups excluding carboxylic acids is 2. The second kappa shape index (κ2) is 5.27. The molecule has 1 N–H and O–H groups in total. The molecule has 0 bridgehead atoms. The normalized spacial score (nSPS) is 50.6. The van der Waals surface area contributed by atoms with Crippen LogP contribution in [-0.2, 0) is 9.59 Å². The smallest absolute Gasteiger partial charge is 0.156 e. The lowest BCUT2D eigenvalue weighted by atomic mass is 9.44. The first-order valence-corrected chi connectivity index (χ1v) is 9.68. The number of Topliss-reactive ketones (excluding diaryl/α,β-unsaturated/α-hetero) is 2. The van der Waals surface area contributed by atoms with E-state index in [1.807, 2.05) is 0 Å². The fraction of sp³-hybridized carbons (Fsp3) is 0.810. The highest BCUT2D eigenvalue weighted by molar-refractivity contribution is 5.95. The minimum absolute atomic E-state index is 0.0938. The number of carbonyl (C=O) groups is 2. The largest absolute Gasteiger partial charge is 0.393 e. The van der Waals surface area contributed by atoms with Crippen LogP contribution in [0.5, 0.6) is 0 Å². The summed E-state index contributed by atoms with van der Waals surface area (Å²) >= 11 is 0. The molecular weight excluding hydrogens is 300 g/mol. The van der Waals surface area contributed by atoms with Crippen LogP contribution in [0.2, 0.25) is 0 Å². The molecule has 0 spiro atoms. The van der Waals surface area contributed by atoms with E-state index in [1.54, 1.807) is 6.92 Å². The summed E-state index contributed by atoms with van der Waals surface area (Å²) in [6, 6.07) is 0. The Balaban J connectivity index is 1.69. The quantitative estimate of drug-likeness (QED) is 0.797. The van der Waals surface area contributed by atoms with E-state index in [0.717, 1.165) is 31.3 Å². The fourth-order valence-electron chi connectivity index (χ4n) is 7.29. The maximum absolute atomic E-state index is 12.1. The summed E-state index contributed by atoms with van der Waals surface area (Å²) in [4.78, 5) is 24.1. The number of hydrogen-bond acceptors (Lipinski definition) is 3. The van der Waals surface area contributed by atoms with Gasteiger partial charge >= 0.3 is 0 Å². The molecule has 24 heavy (non-hydrogen) atoms. The summed E-state index contributed by atoms with van der Waals surface area (Å²) in [7, 11) is 0. The Kier molecular flexibility index (Phi) is 3.62. The van der Waals surface area contributed by atoms with Gasteiger partial charge in [0.05, 0.1) is 6.10 Å². The molecule has 0 amide bonds. The number of allylic oxidation sites excluding steroid dienone is 2. The zero-order valence-corrected chi connectivity index (χ0v) is 15.2. The second-order valence-corrected chi connectivity index (χ2v) is 9.42. The number of fused-ring (bicyclic) bond motifs is 5. The Hall–Kier alpha value is -0.960. The highest BCUT2D eigenvalue weighted by atomic mass is 16.3. The van der Waals surface area contributed by atoms with Gasteiger partial charge in [-0.1, -0.05) is 19.9 Å². The summed E-state index contributed by atoms with van der Waals surface area (Å²) < 4.78 is 0. The molecule has 4 aliphatic carbocycles. The zero-order chi connectivity index (χ0) is 17.3. The average molecular weight is 330 g/mol. The highest BCUT2D eigenvalue weighted by Crippen LogP contribution is 2.66. The van der Waals surface area contributed by atoms with Gasteiger partial charge in [-0.15, -0.1) is 0 Å². The van der Waals surface area contributed by atoms with Crippen LogP contribution in [0.1, 0.15) is 65.7 Å². The fourth-order valence-corrected chi connectivity index (χ4v) is 7.29. The molecule has 0 aromatic heterocycles. The number of rotatable bonds is 1. The average Bonchev–Trinajstić information content (AvgIpc) is 2.84. The standard InChI is InChI=1S/C21H30O3/c1-12(22)16-6-7-17-15-5-4-13-10-14(23)8-9-20(13,2)19(15)18(24)11-21(16,17)3/h6,13,15,17-19,24H,4-5,7-11H2,1-3H3/t13?,15-,17-,18+,19+,20-,21+/m0/s1. The van der Waals surface area contributed by atoms with Gasteiger partial charge in [0, 0.05) is 18.3 Å². The molecule has 132 valence electrons. The molecule has 4 aliphatic rings. The summed E-state index contributed by atoms with van der Waals surface area (Å²) in [5, 5.41) is 11.2. The van der Waals surface area contributed by atoms with Gasteiger partial charge in [0.1, 0.15) is 5.78 Å². The van der Waals surface area contributed by atoms with Crippen molar-refractivity contribution < 1.29 is 14.7 Å². The molecule has 3 heteroatoms. The first-order chi connectivity index (χ1) is 11.3. The highest BCUT2D eigenvalue weighted by Gasteiger charge is 2.61. The Morgan fingerprint density at radius 3 is 2.75 bits per heavy atom. The minimum Gasteiger partial charge on any atom is -0.393 e. The third-order valence-electron chi connectivity index (χ3n) is 8.37. The van der Waals surface area contributed by atoms with E-state index in [2.05, 4.69) is 19.9 Å². The van der Waals surface area contributed by atoms with Crippen LogP contribution in [0.15, 0.2) is 11.6 Å². The van der Waals surface area contributed by atoms with Crippen molar-refractivity contribution in [1.82, 2.24) is 0 Å². The van der Waals surface area contributed by atoms with Crippen LogP contribution in [0.4, 0.5) is 0 Å². The third kappa shape index (κ3) is 2.06. The molecule has 0 saturated heterocycles. The summed E-state index contributed by atoms with van der Waals surface area (Å²) in [6.07, 6.45) is 8.05. The molecule has 1 unspecified atom stereocenters. The second-order valence-electron chi connectivity index (χ2n) is 9.42. The van der Waals surface area contributed by atoms with Crippen molar-refractivity contribution in [3.8, 4) is 0 Å². The molecule has 0 aromatic carbocycles. The SMILES string of the molecule is CC(=O)C1=CC[C@H]2[C@@H]3CCC4CC(=O)CC[C@]4(C)[C@H]3[C@H](O)C[C@]12C. The monoisotopic (exact) mass is 330 g/mol. The van der Waals surface area contributed by atoms with Crippen LogP contribution in [0.25, 0.3) is 0 Å². The van der Waals surface area contributed by atoms with Gasteiger partial charge in [-0.2, -0.15) is 0 Å². The van der Waals surface area contributed by atoms with Gasteiger partial charge in [0.2, 0.25) is 0 Å². The Morgan fingerprint density at radius 2 is 2.04 bits per heavy atom. The van der Waals surface area contributed by atoms with Crippen molar-refractivity contribution in [2.75, 3.05) is 0 Å². The zero-order valence-electron chi connectivity index (χ0n) is 15.2. The maximum atomic E-state index is 12.1. The molecule has 7 atom stereocenters. The van der Waals surface area contributed by atoms with Crippen molar-refractivity contribution in [3.05, 3.63) is 11.6 Å². The summed E-state index contributed by atoms with van der Waals surface area (Å²) in [5.41, 5.74) is 0.896. The number of aliphatic hydroxyl groups excluding tert-OH is 1. The van der Waals surface area contributed by atoms with Gasteiger partial charge in [0.15, 0.2) is 5.78 Å². The van der Waals surface area contributed by atoms with Gasteiger partial charge < -0.3 is 5.11 Å². The molecule has 0 aromatic rings. The van der Waals surface area contributed by atoms with E-state index < -0.39 is 0 Å². The van der Waals surface area contributed by atoms with Crippen molar-refractivity contribution in [2.45, 2.75) is 71.8 Å². The van der Waals surface area contributed by atoms with E-state index >= 15 is 0 Å². The molecule has 3 nitrogen and oxygen atoms in total. The predicted octanol–water partition coefficient (Wildman–Crippen LogP) is 3.69. The van der Waals surface area contributed by atoms with Crippen LogP contribution < -0.4 is 0 Å². The lowest BCUT2D eigenvalue weighted by molar-refractivity contribution is -0.165. The van der Waals surface area contributed by atoms with Crippen LogP contribution >= 0.6 is 0 Å². The first-order valence-electron chi connectivity index (χ1n) is 9.68. The molecule has 0 aliphatic heterocycles. The van der Waals surface area contributed by atoms with E-state index in [9.17, 15) is 14.7 Å². The summed E-state index contributed by atoms with van der Waals surface area (Å²) in [6.45, 7) is 6.21. The van der Waals surface area contributed by atoms with Gasteiger partial charge in [-0.3, -0.25) is 9.59 Å².